The second-order valence-corrected chi connectivity index (χ2v) is 8.88. The van der Waals surface area contributed by atoms with Crippen LogP contribution in [-0.4, -0.2) is 38.3 Å². The molecule has 0 bridgehead atoms. The van der Waals surface area contributed by atoms with Crippen LogP contribution in [0.3, 0.4) is 0 Å². The van der Waals surface area contributed by atoms with Gasteiger partial charge in [-0.2, -0.15) is 18.6 Å². The first kappa shape index (κ1) is 26.5. The molecule has 194 valence electrons. The molecule has 0 radical (unpaired) electrons. The molecule has 1 aliphatic heterocycles. The smallest absolute Gasteiger partial charge is 0.343 e. The number of pyridine rings is 1. The molecule has 0 saturated heterocycles. The average Bonchev–Trinajstić information content (AvgIpc) is 3.36. The summed E-state index contributed by atoms with van der Waals surface area (Å²) in [5.74, 6) is -6.38. The van der Waals surface area contributed by atoms with Crippen LogP contribution in [0.1, 0.15) is 17.7 Å². The molecule has 0 fully saturated rings. The fourth-order valence-corrected chi connectivity index (χ4v) is 4.32. The lowest BCUT2D eigenvalue weighted by Gasteiger charge is -2.36. The molecule has 1 unspecified atom stereocenters. The first-order chi connectivity index (χ1) is 17.6. The number of carboxylic acids is 1. The quantitative estimate of drug-likeness (QED) is 0.320. The summed E-state index contributed by atoms with van der Waals surface area (Å²) in [6.45, 7) is -1.25. The number of halogens is 5. The number of alkyl halides is 2. The van der Waals surface area contributed by atoms with E-state index in [1.807, 2.05) is 0 Å². The Labute approximate surface area is 218 Å². The standard InChI is InChI=1S/C23H19Cl2F3N6O3/c24-15-4-5-18(33-13-29-12-31-33)14(7-15)9-32-10-17(25)16(8-20(35)36)21(26)22(32)30-11-23(27,28)19-3-1-2-6-34(19)37/h1-7,10,12-13,22,30H,8-9,11H2,(H,35,36)/p-1. The number of nitrogens with one attached hydrogen (secondary N) is 1. The second kappa shape index (κ2) is 10.8. The van der Waals surface area contributed by atoms with Gasteiger partial charge in [0, 0.05) is 47.9 Å². The number of nitrogens with zero attached hydrogens (tertiary/aromatic N) is 5. The van der Waals surface area contributed by atoms with Crippen molar-refractivity contribution in [3.05, 3.63) is 99.4 Å². The van der Waals surface area contributed by atoms with Crippen molar-refractivity contribution < 1.29 is 27.8 Å². The predicted octanol–water partition coefficient (Wildman–Crippen LogP) is 2.52. The molecule has 3 heterocycles. The molecule has 1 N–H and O–H groups in total. The fourth-order valence-electron chi connectivity index (χ4n) is 3.84. The summed E-state index contributed by atoms with van der Waals surface area (Å²) in [5, 5.41) is 29.6. The Hall–Kier alpha value is -3.61. The summed E-state index contributed by atoms with van der Waals surface area (Å²) < 4.78 is 46.9. The molecule has 3 aromatic rings. The monoisotopic (exact) mass is 553 g/mol. The van der Waals surface area contributed by atoms with Crippen molar-refractivity contribution in [1.29, 1.82) is 0 Å². The number of aromatic nitrogens is 4. The van der Waals surface area contributed by atoms with Crippen LogP contribution in [0.2, 0.25) is 5.02 Å². The summed E-state index contributed by atoms with van der Waals surface area (Å²) in [6.07, 6.45) is 2.46. The molecule has 2 aromatic heterocycles. The van der Waals surface area contributed by atoms with Crippen LogP contribution in [0, 0.1) is 5.21 Å². The Bertz CT molecular complexity index is 1370. The van der Waals surface area contributed by atoms with Crippen molar-refractivity contribution in [3.8, 4) is 5.69 Å². The Morgan fingerprint density at radius 1 is 1.24 bits per heavy atom. The second-order valence-electron chi connectivity index (χ2n) is 8.04. The third kappa shape index (κ3) is 5.87. The van der Waals surface area contributed by atoms with Gasteiger partial charge in [0.1, 0.15) is 24.6 Å². The van der Waals surface area contributed by atoms with E-state index < -0.39 is 48.1 Å². The fraction of sp³-hybridized carbons (Fsp3) is 0.217. The van der Waals surface area contributed by atoms with Crippen molar-refractivity contribution in [2.45, 2.75) is 25.1 Å². The molecule has 1 aliphatic rings. The van der Waals surface area contributed by atoms with Gasteiger partial charge in [-0.25, -0.2) is 14.1 Å². The zero-order valence-electron chi connectivity index (χ0n) is 18.8. The molecular weight excluding hydrogens is 536 g/mol. The first-order valence-corrected chi connectivity index (χ1v) is 11.5. The zero-order valence-corrected chi connectivity index (χ0v) is 20.3. The van der Waals surface area contributed by atoms with Gasteiger partial charge in [-0.05, 0) is 29.8 Å². The summed E-state index contributed by atoms with van der Waals surface area (Å²) in [5.41, 5.74) is -0.230. The van der Waals surface area contributed by atoms with Gasteiger partial charge in [0.2, 0.25) is 0 Å². The third-order valence-electron chi connectivity index (χ3n) is 5.52. The van der Waals surface area contributed by atoms with Gasteiger partial charge in [0.25, 0.3) is 5.69 Å². The van der Waals surface area contributed by atoms with Crippen LogP contribution in [-0.2, 0) is 17.3 Å². The minimum atomic E-state index is -3.70. The highest BCUT2D eigenvalue weighted by Gasteiger charge is 2.41. The number of allylic oxidation sites excluding steroid dienone is 1. The Balaban J connectivity index is 1.68. The van der Waals surface area contributed by atoms with Crippen molar-refractivity contribution in [2.24, 2.45) is 0 Å². The number of hydrogen-bond acceptors (Lipinski definition) is 7. The molecule has 4 rings (SSSR count). The van der Waals surface area contributed by atoms with Crippen molar-refractivity contribution in [2.75, 3.05) is 6.54 Å². The first-order valence-electron chi connectivity index (χ1n) is 10.7. The van der Waals surface area contributed by atoms with Gasteiger partial charge < -0.3 is 20.0 Å². The van der Waals surface area contributed by atoms with E-state index in [0.717, 1.165) is 12.3 Å². The maximum atomic E-state index is 15.6. The number of hydrogen-bond donors (Lipinski definition) is 1. The molecule has 0 aliphatic carbocycles. The molecule has 14 heteroatoms. The van der Waals surface area contributed by atoms with Gasteiger partial charge in [0.15, 0.2) is 6.20 Å². The normalized spacial score (nSPS) is 16.2. The summed E-state index contributed by atoms with van der Waals surface area (Å²) >= 11 is 12.3. The van der Waals surface area contributed by atoms with Gasteiger partial charge in [0.05, 0.1) is 17.3 Å². The van der Waals surface area contributed by atoms with E-state index in [2.05, 4.69) is 15.4 Å². The lowest BCUT2D eigenvalue weighted by Crippen LogP contribution is -2.50. The minimum absolute atomic E-state index is 0.0151. The van der Waals surface area contributed by atoms with Crippen LogP contribution in [0.4, 0.5) is 13.2 Å². The summed E-state index contributed by atoms with van der Waals surface area (Å²) in [6, 6.07) is 8.35. The Kier molecular flexibility index (Phi) is 7.71. The highest BCUT2D eigenvalue weighted by Crippen LogP contribution is 2.34. The van der Waals surface area contributed by atoms with Crippen LogP contribution in [0.25, 0.3) is 5.69 Å². The highest BCUT2D eigenvalue weighted by molar-refractivity contribution is 6.32. The number of aliphatic carboxylic acids is 1. The van der Waals surface area contributed by atoms with Crippen LogP contribution in [0.15, 0.2) is 77.9 Å². The number of rotatable bonds is 9. The van der Waals surface area contributed by atoms with E-state index in [9.17, 15) is 23.9 Å². The lowest BCUT2D eigenvalue weighted by molar-refractivity contribution is -0.624. The van der Waals surface area contributed by atoms with E-state index in [1.54, 1.807) is 18.2 Å². The molecule has 1 aromatic carbocycles. The SMILES string of the molecule is O=C([O-])CC1=C(F)C(NCC(F)(F)c2cccc[n+]2[O-])N(Cc2cc(Cl)ccc2-n2cncn2)C=C1Cl. The van der Waals surface area contributed by atoms with E-state index >= 15 is 4.39 Å². The van der Waals surface area contributed by atoms with E-state index in [1.165, 1.54) is 40.6 Å². The predicted molar refractivity (Wildman–Crippen MR) is 125 cm³/mol. The van der Waals surface area contributed by atoms with Crippen LogP contribution < -0.4 is 15.2 Å². The maximum absolute atomic E-state index is 15.6. The summed E-state index contributed by atoms with van der Waals surface area (Å²) in [7, 11) is 0. The molecule has 0 amide bonds. The number of carbonyl (C=O) groups excluding carboxylic acids is 1. The van der Waals surface area contributed by atoms with Gasteiger partial charge in [-0.15, -0.1) is 0 Å². The topological polar surface area (TPSA) is 113 Å². The largest absolute Gasteiger partial charge is 0.618 e. The number of benzene rings is 1. The Morgan fingerprint density at radius 3 is 2.70 bits per heavy atom. The van der Waals surface area contributed by atoms with Gasteiger partial charge in [-0.3, -0.25) is 5.32 Å². The van der Waals surface area contributed by atoms with Crippen molar-refractivity contribution >= 4 is 29.2 Å². The van der Waals surface area contributed by atoms with Crippen LogP contribution in [0.5, 0.6) is 0 Å². The van der Waals surface area contributed by atoms with E-state index in [4.69, 9.17) is 23.2 Å². The molecule has 9 nitrogen and oxygen atoms in total. The third-order valence-corrected chi connectivity index (χ3v) is 6.09. The maximum Gasteiger partial charge on any atom is 0.343 e. The molecule has 37 heavy (non-hydrogen) atoms. The molecular formula is C23H18Cl2F3N6O3-. The average molecular weight is 554 g/mol. The highest BCUT2D eigenvalue weighted by atomic mass is 35.5. The van der Waals surface area contributed by atoms with E-state index in [0.29, 0.717) is 16.3 Å². The van der Waals surface area contributed by atoms with Crippen molar-refractivity contribution in [1.82, 2.24) is 25.0 Å². The molecule has 0 spiro atoms. The van der Waals surface area contributed by atoms with Crippen LogP contribution >= 0.6 is 23.2 Å². The summed E-state index contributed by atoms with van der Waals surface area (Å²) in [4.78, 5) is 16.3. The number of carboxylic acid groups (broad SMARTS) is 1. The lowest BCUT2D eigenvalue weighted by atomic mass is 10.0. The van der Waals surface area contributed by atoms with Crippen molar-refractivity contribution in [3.63, 3.8) is 0 Å². The zero-order chi connectivity index (χ0) is 26.7. The Morgan fingerprint density at radius 2 is 2.03 bits per heavy atom. The molecule has 0 saturated carbocycles. The minimum Gasteiger partial charge on any atom is -0.618 e. The van der Waals surface area contributed by atoms with Gasteiger partial charge >= 0.3 is 5.92 Å². The van der Waals surface area contributed by atoms with Gasteiger partial charge in [-0.1, -0.05) is 23.2 Å². The number of carbonyl (C=O) groups is 1. The van der Waals surface area contributed by atoms with E-state index in [-0.39, 0.29) is 16.3 Å². The molecule has 1 atom stereocenters.